The molecule has 20 heavy (non-hydrogen) atoms. The fraction of sp³-hybridized carbons (Fsp3) is 0.231. The number of methoxy groups -OCH3 is 2. The van der Waals surface area contributed by atoms with Crippen molar-refractivity contribution in [3.05, 3.63) is 41.9 Å². The van der Waals surface area contributed by atoms with E-state index in [1.807, 2.05) is 6.07 Å². The van der Waals surface area contributed by atoms with Gasteiger partial charge in [-0.05, 0) is 44.0 Å². The number of aliphatic hydroxyl groups is 1. The molecule has 0 saturated carbocycles. The van der Waals surface area contributed by atoms with Crippen molar-refractivity contribution in [1.82, 2.24) is 0 Å². The third kappa shape index (κ3) is 3.14. The molecule has 1 unspecified atom stereocenters. The van der Waals surface area contributed by atoms with Gasteiger partial charge >= 0.3 is 0 Å². The van der Waals surface area contributed by atoms with E-state index in [1.165, 1.54) is 18.4 Å². The highest BCUT2D eigenvalue weighted by Gasteiger charge is 2.21. The van der Waals surface area contributed by atoms with Crippen LogP contribution in [0.15, 0.2) is 25.8 Å². The maximum absolute atomic E-state index is 10.5. The van der Waals surface area contributed by atoms with Crippen molar-refractivity contribution in [3.63, 3.8) is 0 Å². The Kier molecular flexibility index (Phi) is 5.36. The van der Waals surface area contributed by atoms with E-state index in [-0.39, 0.29) is 0 Å². The summed E-state index contributed by atoms with van der Waals surface area (Å²) in [6, 6.07) is 5.17. The first-order valence-corrected chi connectivity index (χ1v) is 8.30. The Hall–Kier alpha value is -0.270. The summed E-state index contributed by atoms with van der Waals surface area (Å²) >= 11 is 14.5. The van der Waals surface area contributed by atoms with Gasteiger partial charge in [0.25, 0.3) is 0 Å². The van der Waals surface area contributed by atoms with E-state index in [2.05, 4.69) is 31.9 Å². The van der Waals surface area contributed by atoms with Crippen LogP contribution in [-0.2, 0) is 0 Å². The molecule has 0 spiro atoms. The van der Waals surface area contributed by atoms with Crippen molar-refractivity contribution < 1.29 is 14.6 Å². The Morgan fingerprint density at radius 1 is 1.10 bits per heavy atom. The summed E-state index contributed by atoms with van der Waals surface area (Å²) < 4.78 is 12.2. The van der Waals surface area contributed by atoms with Gasteiger partial charge in [-0.25, -0.2) is 0 Å². The number of hydrogen-bond donors (Lipinski definition) is 1. The highest BCUT2D eigenvalue weighted by atomic mass is 79.9. The first kappa shape index (κ1) is 16.1. The van der Waals surface area contributed by atoms with Gasteiger partial charge in [-0.1, -0.05) is 11.6 Å². The second-order valence-electron chi connectivity index (χ2n) is 3.91. The quantitative estimate of drug-likeness (QED) is 0.722. The van der Waals surface area contributed by atoms with Gasteiger partial charge in [0.2, 0.25) is 0 Å². The molecule has 1 atom stereocenters. The third-order valence-electron chi connectivity index (χ3n) is 2.78. The maximum atomic E-state index is 10.5. The maximum Gasteiger partial charge on any atom is 0.162 e. The Balaban J connectivity index is 2.49. The molecule has 0 aliphatic carbocycles. The number of ether oxygens (including phenoxy) is 2. The summed E-state index contributed by atoms with van der Waals surface area (Å²) in [5.74, 6) is 1.05. The average Bonchev–Trinajstić information content (AvgIpc) is 2.76. The zero-order valence-corrected chi connectivity index (χ0v) is 15.4. The topological polar surface area (TPSA) is 38.7 Å². The van der Waals surface area contributed by atoms with Crippen molar-refractivity contribution in [2.75, 3.05) is 14.2 Å². The van der Waals surface area contributed by atoms with Crippen LogP contribution >= 0.6 is 54.8 Å². The van der Waals surface area contributed by atoms with E-state index in [0.717, 1.165) is 13.1 Å². The fourth-order valence-corrected chi connectivity index (χ4v) is 4.93. The molecular weight excluding hydrogens is 431 g/mol. The minimum Gasteiger partial charge on any atom is -0.493 e. The lowest BCUT2D eigenvalue weighted by Gasteiger charge is -2.16. The predicted molar refractivity (Wildman–Crippen MR) is 88.3 cm³/mol. The molecule has 0 aliphatic heterocycles. The first-order valence-electron chi connectivity index (χ1n) is 5.52. The van der Waals surface area contributed by atoms with Crippen molar-refractivity contribution in [2.24, 2.45) is 0 Å². The van der Waals surface area contributed by atoms with Crippen LogP contribution in [0.25, 0.3) is 0 Å². The molecule has 1 heterocycles. The van der Waals surface area contributed by atoms with Gasteiger partial charge in [0.1, 0.15) is 6.10 Å². The van der Waals surface area contributed by atoms with Gasteiger partial charge in [0.05, 0.1) is 26.8 Å². The molecule has 2 aromatic rings. The zero-order valence-electron chi connectivity index (χ0n) is 10.6. The lowest BCUT2D eigenvalue weighted by Crippen LogP contribution is -2.01. The fourth-order valence-electron chi connectivity index (χ4n) is 1.79. The van der Waals surface area contributed by atoms with Crippen molar-refractivity contribution >= 4 is 54.8 Å². The van der Waals surface area contributed by atoms with Gasteiger partial charge in [0.15, 0.2) is 11.5 Å². The van der Waals surface area contributed by atoms with Crippen LogP contribution in [0, 0.1) is 0 Å². The molecule has 0 bridgehead atoms. The molecular formula is C13H11Br2ClO3S. The Morgan fingerprint density at radius 3 is 2.20 bits per heavy atom. The van der Waals surface area contributed by atoms with Crippen LogP contribution in [0.3, 0.4) is 0 Å². The Labute approximate surface area is 142 Å². The smallest absolute Gasteiger partial charge is 0.162 e. The minimum absolute atomic E-state index is 0.421. The standard InChI is InChI=1S/C13H11Br2ClO3S/c1-18-9-3-6(8(16)5-10(9)19-2)12(17)7-4-11(14)20-13(7)15/h3-5,12,17H,1-2H3. The summed E-state index contributed by atoms with van der Waals surface area (Å²) in [4.78, 5) is 0. The SMILES string of the molecule is COc1cc(Cl)c(C(O)c2cc(Br)sc2Br)cc1OC. The lowest BCUT2D eigenvalue weighted by molar-refractivity contribution is 0.219. The summed E-state index contributed by atoms with van der Waals surface area (Å²) in [5, 5.41) is 10.9. The van der Waals surface area contributed by atoms with Gasteiger partial charge in [-0.2, -0.15) is 0 Å². The zero-order chi connectivity index (χ0) is 14.9. The molecule has 2 rings (SSSR count). The van der Waals surface area contributed by atoms with Crippen molar-refractivity contribution in [2.45, 2.75) is 6.10 Å². The second-order valence-corrected chi connectivity index (χ2v) is 8.07. The van der Waals surface area contributed by atoms with Crippen LogP contribution in [0.4, 0.5) is 0 Å². The minimum atomic E-state index is -0.848. The highest BCUT2D eigenvalue weighted by molar-refractivity contribution is 9.12. The number of thiophene rings is 1. The first-order chi connectivity index (χ1) is 9.47. The van der Waals surface area contributed by atoms with Gasteiger partial charge < -0.3 is 14.6 Å². The molecule has 0 aliphatic rings. The van der Waals surface area contributed by atoms with Gasteiger partial charge in [-0.3, -0.25) is 0 Å². The molecule has 0 radical (unpaired) electrons. The predicted octanol–water partition coefficient (Wildman–Crippen LogP) is 5.03. The largest absolute Gasteiger partial charge is 0.493 e. The van der Waals surface area contributed by atoms with Crippen LogP contribution in [-0.4, -0.2) is 19.3 Å². The van der Waals surface area contributed by atoms with Gasteiger partial charge in [0, 0.05) is 17.2 Å². The Morgan fingerprint density at radius 2 is 1.70 bits per heavy atom. The molecule has 7 heteroatoms. The molecule has 0 amide bonds. The molecule has 1 aromatic carbocycles. The summed E-state index contributed by atoms with van der Waals surface area (Å²) in [5.41, 5.74) is 1.31. The van der Waals surface area contributed by atoms with E-state index >= 15 is 0 Å². The van der Waals surface area contributed by atoms with E-state index in [9.17, 15) is 5.11 Å². The van der Waals surface area contributed by atoms with Crippen LogP contribution in [0.2, 0.25) is 5.02 Å². The molecule has 0 saturated heterocycles. The van der Waals surface area contributed by atoms with Crippen molar-refractivity contribution in [3.8, 4) is 11.5 Å². The number of rotatable bonds is 4. The van der Waals surface area contributed by atoms with E-state index < -0.39 is 6.10 Å². The second kappa shape index (κ2) is 6.66. The van der Waals surface area contributed by atoms with Crippen LogP contribution < -0.4 is 9.47 Å². The van der Waals surface area contributed by atoms with E-state index in [4.69, 9.17) is 21.1 Å². The van der Waals surface area contributed by atoms with Gasteiger partial charge in [-0.15, -0.1) is 11.3 Å². The molecule has 108 valence electrons. The normalized spacial score (nSPS) is 12.3. The van der Waals surface area contributed by atoms with Crippen LogP contribution in [0.5, 0.6) is 11.5 Å². The lowest BCUT2D eigenvalue weighted by atomic mass is 10.0. The summed E-state index contributed by atoms with van der Waals surface area (Å²) in [6.07, 6.45) is -0.848. The average molecular weight is 443 g/mol. The van der Waals surface area contributed by atoms with Crippen LogP contribution in [0.1, 0.15) is 17.2 Å². The van der Waals surface area contributed by atoms with Crippen molar-refractivity contribution in [1.29, 1.82) is 0 Å². The highest BCUT2D eigenvalue weighted by Crippen LogP contribution is 2.42. The van der Waals surface area contributed by atoms with E-state index in [1.54, 1.807) is 19.2 Å². The number of benzene rings is 1. The monoisotopic (exact) mass is 440 g/mol. The number of aliphatic hydroxyl groups excluding tert-OH is 1. The molecule has 1 aromatic heterocycles. The molecule has 3 nitrogen and oxygen atoms in total. The summed E-state index contributed by atoms with van der Waals surface area (Å²) in [6.45, 7) is 0. The number of hydrogen-bond acceptors (Lipinski definition) is 4. The van der Waals surface area contributed by atoms with E-state index in [0.29, 0.717) is 22.1 Å². The summed E-state index contributed by atoms with van der Waals surface area (Å²) in [7, 11) is 3.08. The molecule has 1 N–H and O–H groups in total. The molecule has 0 fully saturated rings. The number of halogens is 3. The third-order valence-corrected chi connectivity index (χ3v) is 5.49. The Bertz CT molecular complexity index is 630.